The van der Waals surface area contributed by atoms with Crippen molar-refractivity contribution in [2.24, 2.45) is 0 Å². The average molecular weight is 393 g/mol. The summed E-state index contributed by atoms with van der Waals surface area (Å²) in [5, 5.41) is 11.2. The van der Waals surface area contributed by atoms with Crippen molar-refractivity contribution in [3.8, 4) is 0 Å². The molecule has 27 heavy (non-hydrogen) atoms. The summed E-state index contributed by atoms with van der Waals surface area (Å²) in [5.74, 6) is 0. The standard InChI is InChI=1S/C17H23N5O4S/c1-11-17(12(2)19-18-11)27(24,25)22-6-3-4-14(22)9-21-16(23)8-13-10-26-7-5-15(13)20-21/h8,14H,3-7,9-10H2,1-2H3,(H,18,19). The molecular weight excluding hydrogens is 370 g/mol. The Kier molecular flexibility index (Phi) is 4.65. The molecule has 0 aliphatic carbocycles. The predicted octanol–water partition coefficient (Wildman–Crippen LogP) is 0.509. The summed E-state index contributed by atoms with van der Waals surface area (Å²) in [4.78, 5) is 12.7. The van der Waals surface area contributed by atoms with Gasteiger partial charge in [-0.15, -0.1) is 0 Å². The highest BCUT2D eigenvalue weighted by Gasteiger charge is 2.38. The number of aryl methyl sites for hydroxylation is 2. The van der Waals surface area contributed by atoms with Crippen LogP contribution in [-0.4, -0.2) is 51.9 Å². The van der Waals surface area contributed by atoms with Crippen LogP contribution in [0.2, 0.25) is 0 Å². The van der Waals surface area contributed by atoms with Crippen molar-refractivity contribution < 1.29 is 13.2 Å². The zero-order chi connectivity index (χ0) is 19.2. The number of hydrogen-bond donors (Lipinski definition) is 1. The van der Waals surface area contributed by atoms with Crippen LogP contribution in [0.5, 0.6) is 0 Å². The van der Waals surface area contributed by atoms with Crippen molar-refractivity contribution in [1.82, 2.24) is 24.3 Å². The summed E-state index contributed by atoms with van der Waals surface area (Å²) in [6.07, 6.45) is 2.12. The Morgan fingerprint density at radius 3 is 2.93 bits per heavy atom. The van der Waals surface area contributed by atoms with Gasteiger partial charge in [-0.1, -0.05) is 0 Å². The third-order valence-corrected chi connectivity index (χ3v) is 7.45. The highest BCUT2D eigenvalue weighted by Crippen LogP contribution is 2.29. The molecule has 1 N–H and O–H groups in total. The lowest BCUT2D eigenvalue weighted by atomic mass is 10.1. The lowest BCUT2D eigenvalue weighted by Gasteiger charge is -2.25. The molecule has 10 heteroatoms. The lowest BCUT2D eigenvalue weighted by molar-refractivity contribution is 0.107. The number of sulfonamides is 1. The van der Waals surface area contributed by atoms with Gasteiger partial charge in [0.15, 0.2) is 0 Å². The summed E-state index contributed by atoms with van der Waals surface area (Å²) in [7, 11) is -3.68. The zero-order valence-electron chi connectivity index (χ0n) is 15.4. The number of rotatable bonds is 4. The number of aromatic nitrogens is 4. The highest BCUT2D eigenvalue weighted by atomic mass is 32.2. The molecule has 0 aromatic carbocycles. The van der Waals surface area contributed by atoms with E-state index in [1.54, 1.807) is 19.9 Å². The van der Waals surface area contributed by atoms with Gasteiger partial charge in [0, 0.05) is 30.6 Å². The Bertz CT molecular complexity index is 1010. The number of aromatic amines is 1. The van der Waals surface area contributed by atoms with Crippen molar-refractivity contribution in [2.45, 2.75) is 57.2 Å². The monoisotopic (exact) mass is 393 g/mol. The van der Waals surface area contributed by atoms with E-state index in [9.17, 15) is 13.2 Å². The van der Waals surface area contributed by atoms with E-state index >= 15 is 0 Å². The maximum atomic E-state index is 13.2. The van der Waals surface area contributed by atoms with Crippen LogP contribution in [0.15, 0.2) is 15.8 Å². The minimum absolute atomic E-state index is 0.223. The minimum atomic E-state index is -3.68. The maximum Gasteiger partial charge on any atom is 0.267 e. The predicted molar refractivity (Wildman–Crippen MR) is 96.8 cm³/mol. The molecule has 2 aromatic heterocycles. The molecule has 2 aliphatic heterocycles. The Morgan fingerprint density at radius 2 is 2.19 bits per heavy atom. The fraction of sp³-hybridized carbons (Fsp3) is 0.588. The van der Waals surface area contributed by atoms with E-state index in [1.807, 2.05) is 0 Å². The molecule has 4 rings (SSSR count). The highest BCUT2D eigenvalue weighted by molar-refractivity contribution is 7.89. The fourth-order valence-corrected chi connectivity index (χ4v) is 5.95. The van der Waals surface area contributed by atoms with Gasteiger partial charge in [-0.05, 0) is 26.7 Å². The van der Waals surface area contributed by atoms with E-state index < -0.39 is 10.0 Å². The molecule has 0 saturated carbocycles. The minimum Gasteiger partial charge on any atom is -0.376 e. The molecule has 146 valence electrons. The van der Waals surface area contributed by atoms with Crippen LogP contribution in [0.3, 0.4) is 0 Å². The second-order valence-electron chi connectivity index (χ2n) is 7.11. The van der Waals surface area contributed by atoms with E-state index in [-0.39, 0.29) is 23.0 Å². The molecule has 1 fully saturated rings. The maximum absolute atomic E-state index is 13.2. The SMILES string of the molecule is Cc1n[nH]c(C)c1S(=O)(=O)N1CCCC1Cn1nc2c(cc1=O)COCC2. The van der Waals surface area contributed by atoms with Crippen LogP contribution in [0, 0.1) is 13.8 Å². The number of ether oxygens (including phenoxy) is 1. The molecule has 9 nitrogen and oxygen atoms in total. The van der Waals surface area contributed by atoms with Crippen molar-refractivity contribution in [3.05, 3.63) is 39.1 Å². The van der Waals surface area contributed by atoms with Crippen molar-refractivity contribution in [1.29, 1.82) is 0 Å². The fourth-order valence-electron chi connectivity index (χ4n) is 3.93. The number of H-pyrrole nitrogens is 1. The van der Waals surface area contributed by atoms with Gasteiger partial charge in [-0.25, -0.2) is 13.1 Å². The van der Waals surface area contributed by atoms with Gasteiger partial charge in [0.05, 0.1) is 36.8 Å². The van der Waals surface area contributed by atoms with E-state index in [1.165, 1.54) is 8.99 Å². The second-order valence-corrected chi connectivity index (χ2v) is 8.94. The number of fused-ring (bicyclic) bond motifs is 1. The second kappa shape index (κ2) is 6.84. The van der Waals surface area contributed by atoms with Crippen LogP contribution in [0.25, 0.3) is 0 Å². The van der Waals surface area contributed by atoms with E-state index in [4.69, 9.17) is 4.74 Å². The van der Waals surface area contributed by atoms with E-state index in [0.29, 0.717) is 44.0 Å². The van der Waals surface area contributed by atoms with Crippen molar-refractivity contribution >= 4 is 10.0 Å². The van der Waals surface area contributed by atoms with Gasteiger partial charge in [0.1, 0.15) is 4.90 Å². The first-order valence-electron chi connectivity index (χ1n) is 9.09. The topological polar surface area (TPSA) is 110 Å². The molecule has 0 spiro atoms. The first kappa shape index (κ1) is 18.3. The Labute approximate surface area is 157 Å². The van der Waals surface area contributed by atoms with Gasteiger partial charge in [-0.2, -0.15) is 14.5 Å². The quantitative estimate of drug-likeness (QED) is 0.810. The molecule has 0 radical (unpaired) electrons. The summed E-state index contributed by atoms with van der Waals surface area (Å²) in [6.45, 7) is 5.06. The third-order valence-electron chi connectivity index (χ3n) is 5.24. The average Bonchev–Trinajstić information content (AvgIpc) is 3.22. The summed E-state index contributed by atoms with van der Waals surface area (Å²) in [5.41, 5.74) is 2.45. The molecule has 0 bridgehead atoms. The number of hydrogen-bond acceptors (Lipinski definition) is 6. The first-order chi connectivity index (χ1) is 12.9. The van der Waals surface area contributed by atoms with E-state index in [0.717, 1.165) is 17.7 Å². The lowest BCUT2D eigenvalue weighted by Crippen LogP contribution is -2.41. The zero-order valence-corrected chi connectivity index (χ0v) is 16.3. The Morgan fingerprint density at radius 1 is 1.37 bits per heavy atom. The molecule has 2 aromatic rings. The molecule has 2 aliphatic rings. The Hall–Kier alpha value is -2.04. The van der Waals surface area contributed by atoms with Gasteiger partial charge in [0.2, 0.25) is 10.0 Å². The van der Waals surface area contributed by atoms with Crippen LogP contribution < -0.4 is 5.56 Å². The van der Waals surface area contributed by atoms with Crippen LogP contribution in [-0.2, 0) is 34.3 Å². The molecule has 4 heterocycles. The van der Waals surface area contributed by atoms with E-state index in [2.05, 4.69) is 15.3 Å². The molecule has 1 unspecified atom stereocenters. The third kappa shape index (κ3) is 3.21. The smallest absolute Gasteiger partial charge is 0.267 e. The largest absolute Gasteiger partial charge is 0.376 e. The summed E-state index contributed by atoms with van der Waals surface area (Å²) < 4.78 is 34.7. The summed E-state index contributed by atoms with van der Waals surface area (Å²) >= 11 is 0. The summed E-state index contributed by atoms with van der Waals surface area (Å²) in [6, 6.07) is 1.26. The first-order valence-corrected chi connectivity index (χ1v) is 10.5. The van der Waals surface area contributed by atoms with Gasteiger partial charge in [-0.3, -0.25) is 9.89 Å². The van der Waals surface area contributed by atoms with Gasteiger partial charge in [0.25, 0.3) is 5.56 Å². The molecule has 0 amide bonds. The number of nitrogens with one attached hydrogen (secondary N) is 1. The normalized spacial score (nSPS) is 20.7. The van der Waals surface area contributed by atoms with Crippen LogP contribution in [0.1, 0.15) is 35.5 Å². The number of nitrogens with zero attached hydrogens (tertiary/aromatic N) is 4. The van der Waals surface area contributed by atoms with Crippen molar-refractivity contribution in [3.63, 3.8) is 0 Å². The van der Waals surface area contributed by atoms with Gasteiger partial charge >= 0.3 is 0 Å². The van der Waals surface area contributed by atoms with Gasteiger partial charge < -0.3 is 4.74 Å². The Balaban J connectivity index is 1.64. The molecular formula is C17H23N5O4S. The molecule has 1 atom stereocenters. The van der Waals surface area contributed by atoms with Crippen molar-refractivity contribution in [2.75, 3.05) is 13.2 Å². The van der Waals surface area contributed by atoms with Crippen LogP contribution in [0.4, 0.5) is 0 Å². The molecule has 1 saturated heterocycles. The van der Waals surface area contributed by atoms with Crippen LogP contribution >= 0.6 is 0 Å².